The summed E-state index contributed by atoms with van der Waals surface area (Å²) in [6, 6.07) is 3.53. The lowest BCUT2D eigenvalue weighted by atomic mass is 9.99. The quantitative estimate of drug-likeness (QED) is 0.486. The fraction of sp³-hybridized carbons (Fsp3) is 0.476. The van der Waals surface area contributed by atoms with E-state index in [2.05, 4.69) is 25.8 Å². The first-order valence-electron chi connectivity index (χ1n) is 8.66. The van der Waals surface area contributed by atoms with Crippen molar-refractivity contribution in [3.8, 4) is 0 Å². The van der Waals surface area contributed by atoms with Crippen molar-refractivity contribution in [3.05, 3.63) is 59.4 Å². The van der Waals surface area contributed by atoms with Crippen LogP contribution in [-0.2, 0) is 10.0 Å². The van der Waals surface area contributed by atoms with Gasteiger partial charge in [-0.2, -0.15) is 4.31 Å². The highest BCUT2D eigenvalue weighted by Crippen LogP contribution is 2.30. The van der Waals surface area contributed by atoms with Crippen LogP contribution in [0.15, 0.2) is 47.6 Å². The third kappa shape index (κ3) is 4.94. The van der Waals surface area contributed by atoms with Crippen molar-refractivity contribution >= 4 is 10.0 Å². The number of aryl methyl sites for hydroxylation is 3. The lowest BCUT2D eigenvalue weighted by Gasteiger charge is -2.33. The summed E-state index contributed by atoms with van der Waals surface area (Å²) in [6.07, 6.45) is 2.62. The highest BCUT2D eigenvalue weighted by Gasteiger charge is 2.34. The van der Waals surface area contributed by atoms with Crippen molar-refractivity contribution in [2.75, 3.05) is 6.54 Å². The standard InChI is InChI=1S/C21H31NO2S/c1-9-11-20(17(6)10-2)22(14-15(3)4)25(23,24)21-18(7)12-16(5)13-19(21)8/h11-13,17,20H,1,3,10,14H2,2,4-8H3/t17-,20+/m0/s1. The van der Waals surface area contributed by atoms with Gasteiger partial charge in [0.05, 0.1) is 10.9 Å². The van der Waals surface area contributed by atoms with E-state index in [-0.39, 0.29) is 18.5 Å². The molecule has 3 nitrogen and oxygen atoms in total. The normalized spacial score (nSPS) is 14.0. The first-order chi connectivity index (χ1) is 11.6. The molecule has 0 fully saturated rings. The molecule has 1 aromatic rings. The van der Waals surface area contributed by atoms with Crippen molar-refractivity contribution in [2.24, 2.45) is 5.92 Å². The molecule has 25 heavy (non-hydrogen) atoms. The van der Waals surface area contributed by atoms with Gasteiger partial charge in [-0.25, -0.2) is 8.42 Å². The summed E-state index contributed by atoms with van der Waals surface area (Å²) in [7, 11) is -3.68. The number of benzene rings is 1. The molecule has 0 N–H and O–H groups in total. The van der Waals surface area contributed by atoms with Gasteiger partial charge < -0.3 is 0 Å². The van der Waals surface area contributed by atoms with Gasteiger partial charge in [-0.05, 0) is 50.8 Å². The first-order valence-corrected chi connectivity index (χ1v) is 10.1. The van der Waals surface area contributed by atoms with Crippen LogP contribution in [0, 0.1) is 26.7 Å². The smallest absolute Gasteiger partial charge is 0.207 e. The zero-order valence-electron chi connectivity index (χ0n) is 16.4. The highest BCUT2D eigenvalue weighted by atomic mass is 32.2. The van der Waals surface area contributed by atoms with Crippen LogP contribution in [0.5, 0.6) is 0 Å². The number of sulfonamides is 1. The summed E-state index contributed by atoms with van der Waals surface area (Å²) in [5.74, 6) is 0.148. The Bertz CT molecular complexity index is 763. The minimum Gasteiger partial charge on any atom is -0.207 e. The van der Waals surface area contributed by atoms with Crippen molar-refractivity contribution in [1.82, 2.24) is 4.31 Å². The fourth-order valence-electron chi connectivity index (χ4n) is 3.20. The van der Waals surface area contributed by atoms with Crippen molar-refractivity contribution in [1.29, 1.82) is 0 Å². The van der Waals surface area contributed by atoms with Crippen molar-refractivity contribution in [2.45, 2.75) is 58.9 Å². The molecule has 0 aliphatic heterocycles. The summed E-state index contributed by atoms with van der Waals surface area (Å²) in [6.45, 7) is 19.5. The van der Waals surface area contributed by atoms with Gasteiger partial charge in [-0.15, -0.1) is 5.73 Å². The molecule has 0 heterocycles. The predicted molar refractivity (Wildman–Crippen MR) is 106 cm³/mol. The Balaban J connectivity index is 3.63. The van der Waals surface area contributed by atoms with E-state index in [1.54, 1.807) is 10.4 Å². The first kappa shape index (κ1) is 21.4. The minimum absolute atomic E-state index is 0.148. The lowest BCUT2D eigenvalue weighted by Crippen LogP contribution is -2.44. The van der Waals surface area contributed by atoms with Gasteiger partial charge in [0.2, 0.25) is 10.0 Å². The molecule has 0 unspecified atom stereocenters. The summed E-state index contributed by atoms with van der Waals surface area (Å²) < 4.78 is 28.7. The Morgan fingerprint density at radius 3 is 2.20 bits per heavy atom. The molecule has 4 heteroatoms. The van der Waals surface area contributed by atoms with Crippen molar-refractivity contribution < 1.29 is 8.42 Å². The summed E-state index contributed by atoms with van der Waals surface area (Å²) in [5.41, 5.74) is 6.20. The van der Waals surface area contributed by atoms with Gasteiger partial charge in [0.15, 0.2) is 0 Å². The molecule has 1 aromatic carbocycles. The molecule has 1 rings (SSSR count). The molecule has 2 atom stereocenters. The topological polar surface area (TPSA) is 37.4 Å². The van der Waals surface area contributed by atoms with Crippen LogP contribution in [0.1, 0.15) is 43.9 Å². The summed E-state index contributed by atoms with van der Waals surface area (Å²) in [5, 5.41) is 0. The molecule has 0 saturated heterocycles. The van der Waals surface area contributed by atoms with E-state index >= 15 is 0 Å². The number of hydrogen-bond donors (Lipinski definition) is 0. The van der Waals surface area contributed by atoms with E-state index in [1.807, 2.05) is 46.8 Å². The highest BCUT2D eigenvalue weighted by molar-refractivity contribution is 7.89. The summed E-state index contributed by atoms with van der Waals surface area (Å²) in [4.78, 5) is 0.394. The molecule has 0 saturated carbocycles. The van der Waals surface area contributed by atoms with Crippen LogP contribution < -0.4 is 0 Å². The van der Waals surface area contributed by atoms with Crippen LogP contribution in [0.25, 0.3) is 0 Å². The van der Waals surface area contributed by atoms with Crippen LogP contribution in [-0.4, -0.2) is 25.3 Å². The van der Waals surface area contributed by atoms with E-state index in [1.165, 1.54) is 0 Å². The Kier molecular flexibility index (Phi) is 7.43. The van der Waals surface area contributed by atoms with Crippen LogP contribution in [0.4, 0.5) is 0 Å². The molecular weight excluding hydrogens is 330 g/mol. The largest absolute Gasteiger partial charge is 0.244 e. The lowest BCUT2D eigenvalue weighted by molar-refractivity contribution is 0.300. The molecule has 0 aliphatic carbocycles. The van der Waals surface area contributed by atoms with Gasteiger partial charge >= 0.3 is 0 Å². The molecule has 0 aliphatic rings. The average molecular weight is 362 g/mol. The Morgan fingerprint density at radius 2 is 1.80 bits per heavy atom. The van der Waals surface area contributed by atoms with Gasteiger partial charge in [0.1, 0.15) is 0 Å². The number of hydrogen-bond acceptors (Lipinski definition) is 2. The third-order valence-corrected chi connectivity index (χ3v) is 6.60. The Labute approximate surface area is 153 Å². The maximum absolute atomic E-state index is 13.6. The number of nitrogens with zero attached hydrogens (tertiary/aromatic N) is 1. The van der Waals surface area contributed by atoms with Gasteiger partial charge in [-0.3, -0.25) is 0 Å². The second kappa shape index (κ2) is 8.66. The van der Waals surface area contributed by atoms with Gasteiger partial charge in [-0.1, -0.05) is 56.7 Å². The maximum atomic E-state index is 13.6. The molecule has 0 bridgehead atoms. The van der Waals surface area contributed by atoms with E-state index < -0.39 is 10.0 Å². The van der Waals surface area contributed by atoms with Gasteiger partial charge in [0, 0.05) is 6.54 Å². The molecule has 0 spiro atoms. The summed E-state index contributed by atoms with van der Waals surface area (Å²) >= 11 is 0. The minimum atomic E-state index is -3.68. The average Bonchev–Trinajstić information content (AvgIpc) is 2.48. The van der Waals surface area contributed by atoms with Crippen LogP contribution in [0.3, 0.4) is 0 Å². The molecule has 0 amide bonds. The maximum Gasteiger partial charge on any atom is 0.244 e. The molecular formula is C21H31NO2S. The van der Waals surface area contributed by atoms with Crippen molar-refractivity contribution in [3.63, 3.8) is 0 Å². The zero-order valence-corrected chi connectivity index (χ0v) is 17.2. The second-order valence-electron chi connectivity index (χ2n) is 6.98. The molecule has 0 aromatic heterocycles. The van der Waals surface area contributed by atoms with Crippen LogP contribution >= 0.6 is 0 Å². The van der Waals surface area contributed by atoms with E-state index in [9.17, 15) is 8.42 Å². The number of rotatable bonds is 8. The fourth-order valence-corrected chi connectivity index (χ4v) is 5.35. The monoisotopic (exact) mass is 361 g/mol. The second-order valence-corrected chi connectivity index (χ2v) is 8.81. The Hall–Kier alpha value is -1.61. The predicted octanol–water partition coefficient (Wildman–Crippen LogP) is 4.93. The molecule has 138 valence electrons. The molecule has 0 radical (unpaired) electrons. The SMILES string of the molecule is C=C=C[C@H]([C@@H](C)CC)N(CC(=C)C)S(=O)(=O)c1c(C)cc(C)cc1C. The third-order valence-electron chi connectivity index (χ3n) is 4.45. The van der Waals surface area contributed by atoms with Crippen LogP contribution in [0.2, 0.25) is 0 Å². The zero-order chi connectivity index (χ0) is 19.4. The Morgan fingerprint density at radius 1 is 1.28 bits per heavy atom. The van der Waals surface area contributed by atoms with E-state index in [0.29, 0.717) is 4.90 Å². The van der Waals surface area contributed by atoms with Gasteiger partial charge in [0.25, 0.3) is 0 Å². The van der Waals surface area contributed by atoms with E-state index in [4.69, 9.17) is 0 Å². The van der Waals surface area contributed by atoms with E-state index in [0.717, 1.165) is 28.7 Å².